The molecule has 1 saturated heterocycles. The molecule has 6 nitrogen and oxygen atoms in total. The molecule has 0 radical (unpaired) electrons. The number of nitrogens with one attached hydrogen (secondary N) is 1. The SMILES string of the molecule is CN(C)NC(=O)OC1CCN(c2ccc(C(F)(F)F)cc2)C1=O. The van der Waals surface area contributed by atoms with Gasteiger partial charge in [-0.15, -0.1) is 0 Å². The van der Waals surface area contributed by atoms with E-state index in [1.165, 1.54) is 22.0 Å². The first-order valence-electron chi connectivity index (χ1n) is 6.81. The second-order valence-corrected chi connectivity index (χ2v) is 5.22. The van der Waals surface area contributed by atoms with Crippen molar-refractivity contribution in [3.05, 3.63) is 29.8 Å². The van der Waals surface area contributed by atoms with Crippen LogP contribution >= 0.6 is 0 Å². The molecule has 0 spiro atoms. The molecule has 1 atom stereocenters. The highest BCUT2D eigenvalue weighted by molar-refractivity contribution is 5.99. The number of nitrogens with zero attached hydrogens (tertiary/aromatic N) is 2. The maximum absolute atomic E-state index is 12.5. The molecule has 1 heterocycles. The summed E-state index contributed by atoms with van der Waals surface area (Å²) in [4.78, 5) is 25.0. The Morgan fingerprint density at radius 3 is 2.43 bits per heavy atom. The number of hydrazine groups is 1. The highest BCUT2D eigenvalue weighted by atomic mass is 19.4. The van der Waals surface area contributed by atoms with E-state index in [9.17, 15) is 22.8 Å². The quantitative estimate of drug-likeness (QED) is 0.861. The van der Waals surface area contributed by atoms with Crippen LogP contribution in [0.15, 0.2) is 24.3 Å². The van der Waals surface area contributed by atoms with Crippen LogP contribution in [0.5, 0.6) is 0 Å². The van der Waals surface area contributed by atoms with Gasteiger partial charge in [-0.3, -0.25) is 10.2 Å². The molecule has 0 saturated carbocycles. The van der Waals surface area contributed by atoms with Crippen molar-refractivity contribution in [2.24, 2.45) is 0 Å². The molecule has 1 aromatic carbocycles. The van der Waals surface area contributed by atoms with E-state index < -0.39 is 29.8 Å². The molecule has 23 heavy (non-hydrogen) atoms. The lowest BCUT2D eigenvalue weighted by molar-refractivity contribution is -0.137. The van der Waals surface area contributed by atoms with Gasteiger partial charge in [0.15, 0.2) is 6.10 Å². The molecule has 1 unspecified atom stereocenters. The van der Waals surface area contributed by atoms with Crippen LogP contribution < -0.4 is 10.3 Å². The standard InChI is InChI=1S/C14H16F3N3O3/c1-19(2)18-13(22)23-11-7-8-20(12(11)21)10-5-3-9(4-6-10)14(15,16)17/h3-6,11H,7-8H2,1-2H3,(H,18,22). The molecule has 0 aliphatic carbocycles. The number of rotatable bonds is 3. The topological polar surface area (TPSA) is 61.9 Å². The molecule has 2 rings (SSSR count). The molecule has 1 aromatic rings. The summed E-state index contributed by atoms with van der Waals surface area (Å²) in [7, 11) is 3.18. The third-order valence-corrected chi connectivity index (χ3v) is 3.23. The summed E-state index contributed by atoms with van der Waals surface area (Å²) in [5, 5.41) is 1.37. The summed E-state index contributed by atoms with van der Waals surface area (Å²) < 4.78 is 42.6. The second-order valence-electron chi connectivity index (χ2n) is 5.22. The van der Waals surface area contributed by atoms with Crippen molar-refractivity contribution in [3.63, 3.8) is 0 Å². The number of alkyl halides is 3. The molecule has 126 valence electrons. The second kappa shape index (κ2) is 6.45. The van der Waals surface area contributed by atoms with Crippen LogP contribution in [0.2, 0.25) is 0 Å². The van der Waals surface area contributed by atoms with Gasteiger partial charge >= 0.3 is 12.3 Å². The van der Waals surface area contributed by atoms with E-state index in [4.69, 9.17) is 4.74 Å². The number of benzene rings is 1. The van der Waals surface area contributed by atoms with Crippen LogP contribution in [0.1, 0.15) is 12.0 Å². The lowest BCUT2D eigenvalue weighted by atomic mass is 10.2. The van der Waals surface area contributed by atoms with Gasteiger partial charge in [0.1, 0.15) is 0 Å². The fourth-order valence-corrected chi connectivity index (χ4v) is 2.19. The minimum Gasteiger partial charge on any atom is -0.435 e. The summed E-state index contributed by atoms with van der Waals surface area (Å²) in [5.74, 6) is -0.460. The first-order valence-corrected chi connectivity index (χ1v) is 6.81. The first-order chi connectivity index (χ1) is 10.7. The van der Waals surface area contributed by atoms with Gasteiger partial charge in [-0.25, -0.2) is 9.80 Å². The monoisotopic (exact) mass is 331 g/mol. The summed E-state index contributed by atoms with van der Waals surface area (Å²) in [6.07, 6.45) is -5.86. The Labute approximate surface area is 130 Å². The smallest absolute Gasteiger partial charge is 0.422 e. The molecular formula is C14H16F3N3O3. The van der Waals surface area contributed by atoms with Crippen molar-refractivity contribution in [1.29, 1.82) is 0 Å². The van der Waals surface area contributed by atoms with Gasteiger partial charge in [0.2, 0.25) is 0 Å². The average Bonchev–Trinajstić information content (AvgIpc) is 2.78. The molecule has 2 amide bonds. The molecule has 1 aliphatic heterocycles. The zero-order valence-corrected chi connectivity index (χ0v) is 12.6. The van der Waals surface area contributed by atoms with E-state index in [2.05, 4.69) is 5.43 Å². The van der Waals surface area contributed by atoms with Gasteiger partial charge in [0.05, 0.1) is 5.56 Å². The van der Waals surface area contributed by atoms with Gasteiger partial charge < -0.3 is 9.64 Å². The van der Waals surface area contributed by atoms with Crippen LogP contribution in [-0.2, 0) is 15.7 Å². The lowest BCUT2D eigenvalue weighted by Gasteiger charge is -2.18. The van der Waals surface area contributed by atoms with Gasteiger partial charge in [-0.1, -0.05) is 0 Å². The Balaban J connectivity index is 2.03. The number of hydrogen-bond acceptors (Lipinski definition) is 4. The van der Waals surface area contributed by atoms with Crippen molar-refractivity contribution in [2.75, 3.05) is 25.5 Å². The summed E-state index contributed by atoms with van der Waals surface area (Å²) in [6, 6.07) is 4.27. The van der Waals surface area contributed by atoms with E-state index in [-0.39, 0.29) is 13.0 Å². The van der Waals surface area contributed by atoms with E-state index in [1.54, 1.807) is 14.1 Å². The molecule has 1 N–H and O–H groups in total. The van der Waals surface area contributed by atoms with Crippen molar-refractivity contribution >= 4 is 17.7 Å². The molecule has 0 bridgehead atoms. The molecule has 1 aliphatic rings. The van der Waals surface area contributed by atoms with E-state index >= 15 is 0 Å². The molecule has 9 heteroatoms. The minimum absolute atomic E-state index is 0.268. The summed E-state index contributed by atoms with van der Waals surface area (Å²) in [6.45, 7) is 0.268. The van der Waals surface area contributed by atoms with Crippen molar-refractivity contribution < 1.29 is 27.5 Å². The zero-order chi connectivity index (χ0) is 17.2. The van der Waals surface area contributed by atoms with Crippen LogP contribution in [0, 0.1) is 0 Å². The van der Waals surface area contributed by atoms with Crippen LogP contribution in [0.3, 0.4) is 0 Å². The van der Waals surface area contributed by atoms with Crippen LogP contribution in [-0.4, -0.2) is 43.8 Å². The van der Waals surface area contributed by atoms with E-state index in [0.29, 0.717) is 5.69 Å². The van der Waals surface area contributed by atoms with Crippen molar-refractivity contribution in [2.45, 2.75) is 18.7 Å². The number of hydrogen-bond donors (Lipinski definition) is 1. The predicted molar refractivity (Wildman–Crippen MR) is 75.5 cm³/mol. The summed E-state index contributed by atoms with van der Waals surface area (Å²) >= 11 is 0. The summed E-state index contributed by atoms with van der Waals surface area (Å²) in [5.41, 5.74) is 1.89. The lowest BCUT2D eigenvalue weighted by Crippen LogP contribution is -2.40. The largest absolute Gasteiger partial charge is 0.435 e. The number of carbonyl (C=O) groups is 2. The van der Waals surface area contributed by atoms with Crippen molar-refractivity contribution in [3.8, 4) is 0 Å². The van der Waals surface area contributed by atoms with Gasteiger partial charge in [-0.05, 0) is 24.3 Å². The number of ether oxygens (including phenoxy) is 1. The first kappa shape index (κ1) is 17.1. The maximum atomic E-state index is 12.5. The third-order valence-electron chi connectivity index (χ3n) is 3.23. The number of anilines is 1. The Morgan fingerprint density at radius 2 is 1.91 bits per heavy atom. The molecule has 0 aromatic heterocycles. The maximum Gasteiger partial charge on any atom is 0.422 e. The predicted octanol–water partition coefficient (Wildman–Crippen LogP) is 2.01. The third kappa shape index (κ3) is 4.13. The van der Waals surface area contributed by atoms with Crippen LogP contribution in [0.4, 0.5) is 23.7 Å². The fourth-order valence-electron chi connectivity index (χ4n) is 2.19. The highest BCUT2D eigenvalue weighted by Gasteiger charge is 2.36. The number of amides is 2. The fraction of sp³-hybridized carbons (Fsp3) is 0.429. The molecule has 1 fully saturated rings. The Morgan fingerprint density at radius 1 is 1.30 bits per heavy atom. The van der Waals surface area contributed by atoms with E-state index in [1.807, 2.05) is 0 Å². The van der Waals surface area contributed by atoms with Gasteiger partial charge in [0.25, 0.3) is 5.91 Å². The Kier molecular flexibility index (Phi) is 4.79. The normalized spacial score (nSPS) is 18.4. The molecular weight excluding hydrogens is 315 g/mol. The number of halogens is 3. The van der Waals surface area contributed by atoms with Gasteiger partial charge in [0, 0.05) is 32.7 Å². The minimum atomic E-state index is -4.43. The van der Waals surface area contributed by atoms with E-state index in [0.717, 1.165) is 12.1 Å². The van der Waals surface area contributed by atoms with Crippen LogP contribution in [0.25, 0.3) is 0 Å². The average molecular weight is 331 g/mol. The van der Waals surface area contributed by atoms with Crippen molar-refractivity contribution in [1.82, 2.24) is 10.4 Å². The Bertz CT molecular complexity index is 587. The Hall–Kier alpha value is -2.29. The number of carbonyl (C=O) groups excluding carboxylic acids is 2. The highest BCUT2D eigenvalue weighted by Crippen LogP contribution is 2.31. The van der Waals surface area contributed by atoms with Gasteiger partial charge in [-0.2, -0.15) is 13.2 Å². The zero-order valence-electron chi connectivity index (χ0n) is 12.6.